The fraction of sp³-hybridized carbons (Fsp3) is 0.448. The maximum absolute atomic E-state index is 13.3. The zero-order chi connectivity index (χ0) is 25.7. The number of hydrogen-bond acceptors (Lipinski definition) is 5. The van der Waals surface area contributed by atoms with Crippen molar-refractivity contribution < 1.29 is 29.1 Å². The van der Waals surface area contributed by atoms with E-state index >= 15 is 0 Å². The van der Waals surface area contributed by atoms with Gasteiger partial charge in [0.15, 0.2) is 0 Å². The van der Waals surface area contributed by atoms with E-state index in [9.17, 15) is 14.7 Å². The molecule has 2 heterocycles. The summed E-state index contributed by atoms with van der Waals surface area (Å²) in [5, 5.41) is 11.3. The van der Waals surface area contributed by atoms with Crippen molar-refractivity contribution in [3.63, 3.8) is 0 Å². The summed E-state index contributed by atoms with van der Waals surface area (Å²) >= 11 is 0. The van der Waals surface area contributed by atoms with Crippen LogP contribution in [0.25, 0.3) is 5.76 Å². The molecule has 0 bridgehead atoms. The highest BCUT2D eigenvalue weighted by Gasteiger charge is 2.46. The normalized spacial score (nSPS) is 20.3. The van der Waals surface area contributed by atoms with Crippen LogP contribution in [0.15, 0.2) is 54.1 Å². The minimum absolute atomic E-state index is 0.136. The molecule has 0 spiro atoms. The first-order valence-corrected chi connectivity index (χ1v) is 12.9. The molecule has 0 saturated carbocycles. The van der Waals surface area contributed by atoms with Crippen LogP contribution in [0, 0.1) is 0 Å². The van der Waals surface area contributed by atoms with Crippen molar-refractivity contribution in [2.24, 2.45) is 0 Å². The lowest BCUT2D eigenvalue weighted by atomic mass is 9.93. The molecule has 2 fully saturated rings. The summed E-state index contributed by atoms with van der Waals surface area (Å²) in [7, 11) is 0. The summed E-state index contributed by atoms with van der Waals surface area (Å²) in [5.74, 6) is -0.305. The van der Waals surface area contributed by atoms with Gasteiger partial charge in [-0.2, -0.15) is 0 Å². The summed E-state index contributed by atoms with van der Waals surface area (Å²) in [4.78, 5) is 29.5. The Morgan fingerprint density at radius 1 is 1.08 bits per heavy atom. The number of carbonyl (C=O) groups excluding carboxylic acids is 2. The molecule has 36 heavy (non-hydrogen) atoms. The van der Waals surface area contributed by atoms with Crippen LogP contribution in [0.4, 0.5) is 0 Å². The zero-order valence-corrected chi connectivity index (χ0v) is 21.5. The second kappa shape index (κ2) is 11.7. The number of aliphatic hydroxyl groups is 1. The number of rotatable bonds is 9. The van der Waals surface area contributed by atoms with Crippen LogP contribution in [-0.2, 0) is 14.3 Å². The third-order valence-corrected chi connectivity index (χ3v) is 6.97. The van der Waals surface area contributed by atoms with Crippen LogP contribution in [0.1, 0.15) is 55.8 Å². The minimum Gasteiger partial charge on any atom is -0.507 e. The highest BCUT2D eigenvalue weighted by atomic mass is 16.5. The van der Waals surface area contributed by atoms with Gasteiger partial charge in [-0.15, -0.1) is 0 Å². The molecule has 2 aromatic rings. The minimum atomic E-state index is -0.645. The van der Waals surface area contributed by atoms with Gasteiger partial charge in [-0.25, -0.2) is 0 Å². The molecule has 7 nitrogen and oxygen atoms in total. The fourth-order valence-corrected chi connectivity index (χ4v) is 4.79. The number of ether oxygens (including phenoxy) is 2. The lowest BCUT2D eigenvalue weighted by molar-refractivity contribution is -0.907. The topological polar surface area (TPSA) is 80.5 Å². The van der Waals surface area contributed by atoms with Crippen molar-refractivity contribution in [2.75, 3.05) is 46.0 Å². The highest BCUT2D eigenvalue weighted by Crippen LogP contribution is 2.39. The lowest BCUT2D eigenvalue weighted by Crippen LogP contribution is -3.14. The van der Waals surface area contributed by atoms with Gasteiger partial charge in [0.1, 0.15) is 24.6 Å². The zero-order valence-electron chi connectivity index (χ0n) is 21.5. The van der Waals surface area contributed by atoms with Crippen molar-refractivity contribution in [1.29, 1.82) is 0 Å². The number of likely N-dealkylation sites (tertiary alicyclic amines) is 1. The van der Waals surface area contributed by atoms with Crippen LogP contribution in [0.5, 0.6) is 5.75 Å². The van der Waals surface area contributed by atoms with Gasteiger partial charge in [0.25, 0.3) is 11.7 Å². The maximum atomic E-state index is 13.3. The van der Waals surface area contributed by atoms with Crippen LogP contribution >= 0.6 is 0 Å². The average molecular weight is 494 g/mol. The van der Waals surface area contributed by atoms with E-state index in [1.165, 1.54) is 10.5 Å². The number of benzene rings is 2. The first-order valence-electron chi connectivity index (χ1n) is 12.9. The largest absolute Gasteiger partial charge is 0.507 e. The predicted molar refractivity (Wildman–Crippen MR) is 138 cm³/mol. The van der Waals surface area contributed by atoms with E-state index in [2.05, 4.69) is 13.8 Å². The quantitative estimate of drug-likeness (QED) is 0.319. The first kappa shape index (κ1) is 25.9. The van der Waals surface area contributed by atoms with Crippen molar-refractivity contribution in [2.45, 2.75) is 39.2 Å². The molecule has 0 unspecified atom stereocenters. The SMILES string of the molecule is CCCOc1ccc(C(O)=C2C(=O)C(=O)N(CC[NH+]3CCOCC3)[C@H]2c2ccc(C(C)C)cc2)cc1. The molecule has 7 heteroatoms. The molecule has 0 aliphatic carbocycles. The third-order valence-electron chi connectivity index (χ3n) is 6.97. The Morgan fingerprint density at radius 2 is 1.75 bits per heavy atom. The fourth-order valence-electron chi connectivity index (χ4n) is 4.79. The monoisotopic (exact) mass is 493 g/mol. The predicted octanol–water partition coefficient (Wildman–Crippen LogP) is 2.94. The Bertz CT molecular complexity index is 1090. The number of amides is 1. The van der Waals surface area contributed by atoms with E-state index in [4.69, 9.17) is 9.47 Å². The van der Waals surface area contributed by atoms with Gasteiger partial charge in [0, 0.05) is 5.56 Å². The van der Waals surface area contributed by atoms with Crippen LogP contribution in [0.3, 0.4) is 0 Å². The van der Waals surface area contributed by atoms with Crippen LogP contribution in [0.2, 0.25) is 0 Å². The molecule has 2 N–H and O–H groups in total. The van der Waals surface area contributed by atoms with E-state index in [0.29, 0.717) is 43.6 Å². The van der Waals surface area contributed by atoms with Gasteiger partial charge in [-0.05, 0) is 47.7 Å². The van der Waals surface area contributed by atoms with E-state index < -0.39 is 17.7 Å². The molecule has 2 aliphatic rings. The number of aliphatic hydroxyl groups excluding tert-OH is 1. The number of nitrogens with one attached hydrogen (secondary N) is 1. The Morgan fingerprint density at radius 3 is 2.36 bits per heavy atom. The molecular formula is C29H37N2O5+. The van der Waals surface area contributed by atoms with E-state index in [1.54, 1.807) is 29.2 Å². The smallest absolute Gasteiger partial charge is 0.295 e. The molecule has 192 valence electrons. The second-order valence-corrected chi connectivity index (χ2v) is 9.80. The van der Waals surface area contributed by atoms with Gasteiger partial charge >= 0.3 is 0 Å². The number of Topliss-reactive ketones (excluding diaryl/α,β-unsaturated/α-hetero) is 1. The number of quaternary nitrogens is 1. The number of nitrogens with zero attached hydrogens (tertiary/aromatic N) is 1. The second-order valence-electron chi connectivity index (χ2n) is 9.80. The molecular weight excluding hydrogens is 456 g/mol. The van der Waals surface area contributed by atoms with E-state index in [-0.39, 0.29) is 11.3 Å². The third kappa shape index (κ3) is 5.63. The average Bonchev–Trinajstić information content (AvgIpc) is 3.16. The Kier molecular flexibility index (Phi) is 8.44. The van der Waals surface area contributed by atoms with Gasteiger partial charge in [-0.3, -0.25) is 9.59 Å². The Labute approximate surface area is 213 Å². The number of ketones is 1. The molecule has 2 aromatic carbocycles. The van der Waals surface area contributed by atoms with E-state index in [0.717, 1.165) is 31.6 Å². The molecule has 2 saturated heterocycles. The number of hydrogen-bond donors (Lipinski definition) is 2. The number of carbonyl (C=O) groups is 2. The molecule has 1 atom stereocenters. The van der Waals surface area contributed by atoms with Crippen molar-refractivity contribution in [3.05, 3.63) is 70.8 Å². The Balaban J connectivity index is 1.69. The summed E-state index contributed by atoms with van der Waals surface area (Å²) in [6.45, 7) is 11.2. The van der Waals surface area contributed by atoms with Crippen LogP contribution in [-0.4, -0.2) is 67.7 Å². The maximum Gasteiger partial charge on any atom is 0.295 e. The molecule has 0 aromatic heterocycles. The lowest BCUT2D eigenvalue weighted by Gasteiger charge is -2.29. The number of morpholine rings is 1. The molecule has 0 radical (unpaired) electrons. The molecule has 1 amide bonds. The van der Waals surface area contributed by atoms with Gasteiger partial charge in [0.2, 0.25) is 0 Å². The van der Waals surface area contributed by atoms with Crippen molar-refractivity contribution >= 4 is 17.4 Å². The summed E-state index contributed by atoms with van der Waals surface area (Å²) < 4.78 is 11.1. The van der Waals surface area contributed by atoms with Gasteiger partial charge in [-0.1, -0.05) is 45.0 Å². The highest BCUT2D eigenvalue weighted by molar-refractivity contribution is 6.46. The summed E-state index contributed by atoms with van der Waals surface area (Å²) in [6, 6.07) is 14.4. The van der Waals surface area contributed by atoms with Gasteiger partial charge in [0.05, 0.1) is 44.5 Å². The molecule has 2 aliphatic heterocycles. The first-order chi connectivity index (χ1) is 17.4. The Hall–Kier alpha value is -3.16. The van der Waals surface area contributed by atoms with Crippen LogP contribution < -0.4 is 9.64 Å². The molecule has 4 rings (SSSR count). The standard InChI is InChI=1S/C29H36N2O5/c1-4-17-36-24-11-9-23(10-12-24)27(32)25-26(22-7-5-21(6-8-22)20(2)3)31(29(34)28(25)33)14-13-30-15-18-35-19-16-30/h5-12,20,26,32H,4,13-19H2,1-3H3/p+1/t26-/m0/s1. The van der Waals surface area contributed by atoms with Crippen molar-refractivity contribution in [3.8, 4) is 5.75 Å². The summed E-state index contributed by atoms with van der Waals surface area (Å²) in [5.41, 5.74) is 2.62. The summed E-state index contributed by atoms with van der Waals surface area (Å²) in [6.07, 6.45) is 0.896. The van der Waals surface area contributed by atoms with E-state index in [1.807, 2.05) is 31.2 Å². The van der Waals surface area contributed by atoms with Crippen molar-refractivity contribution in [1.82, 2.24) is 4.90 Å². The van der Waals surface area contributed by atoms with Gasteiger partial charge < -0.3 is 24.4 Å².